The highest BCUT2D eigenvalue weighted by Gasteiger charge is 2.44. The van der Waals surface area contributed by atoms with Crippen LogP contribution in [-0.2, 0) is 26.7 Å². The van der Waals surface area contributed by atoms with Crippen LogP contribution >= 0.6 is 0 Å². The number of phenols is 1. The van der Waals surface area contributed by atoms with Crippen LogP contribution in [0.3, 0.4) is 0 Å². The molecule has 0 bridgehead atoms. The van der Waals surface area contributed by atoms with E-state index in [4.69, 9.17) is 4.74 Å². The molecule has 0 spiro atoms. The maximum absolute atomic E-state index is 13.3. The lowest BCUT2D eigenvalue weighted by molar-refractivity contribution is -0.162. The lowest BCUT2D eigenvalue weighted by atomic mass is 10.1. The summed E-state index contributed by atoms with van der Waals surface area (Å²) < 4.78 is 87.3. The number of hydrogen-bond acceptors (Lipinski definition) is 7. The van der Waals surface area contributed by atoms with Gasteiger partial charge in [0, 0.05) is 50.0 Å². The largest absolute Gasteiger partial charge is 0.505 e. The number of anilines is 1. The van der Waals surface area contributed by atoms with E-state index in [-0.39, 0.29) is 36.8 Å². The number of nitrogens with one attached hydrogen (secondary N) is 3. The number of carbonyl (C=O) groups is 3. The van der Waals surface area contributed by atoms with E-state index in [1.807, 2.05) is 0 Å². The van der Waals surface area contributed by atoms with Gasteiger partial charge in [-0.05, 0) is 19.1 Å². The molecule has 2 aliphatic rings. The Hall–Kier alpha value is -3.86. The van der Waals surface area contributed by atoms with Crippen molar-refractivity contribution < 1.29 is 50.2 Å². The third-order valence-corrected chi connectivity index (χ3v) is 7.80. The number of sulfonamides is 1. The Bertz CT molecular complexity index is 1440. The molecule has 17 heteroatoms. The molecular formula is C22H23F4N5O7S. The van der Waals surface area contributed by atoms with Crippen LogP contribution in [-0.4, -0.2) is 78.7 Å². The number of aromatic nitrogens is 1. The van der Waals surface area contributed by atoms with E-state index in [2.05, 4.69) is 10.0 Å². The minimum Gasteiger partial charge on any atom is -0.505 e. The molecule has 3 heterocycles. The van der Waals surface area contributed by atoms with Crippen molar-refractivity contribution in [1.82, 2.24) is 19.5 Å². The Balaban J connectivity index is 1.54. The van der Waals surface area contributed by atoms with E-state index in [1.54, 1.807) is 5.32 Å². The Morgan fingerprint density at radius 1 is 1.23 bits per heavy atom. The number of nitrogens with zero attached hydrogens (tertiary/aromatic N) is 2. The van der Waals surface area contributed by atoms with Crippen molar-refractivity contribution in [3.63, 3.8) is 0 Å². The number of carbonyl (C=O) groups excluding carboxylic acids is 3. The highest BCUT2D eigenvalue weighted by molar-refractivity contribution is 7.89. The van der Waals surface area contributed by atoms with Gasteiger partial charge < -0.3 is 29.9 Å². The molecule has 12 nitrogen and oxygen atoms in total. The minimum absolute atomic E-state index is 0.0174. The summed E-state index contributed by atoms with van der Waals surface area (Å²) in [6, 6.07) is -0.147. The van der Waals surface area contributed by atoms with Gasteiger partial charge in [-0.3, -0.25) is 14.4 Å². The lowest BCUT2D eigenvalue weighted by Crippen LogP contribution is -2.50. The molecule has 39 heavy (non-hydrogen) atoms. The molecule has 0 saturated carbocycles. The van der Waals surface area contributed by atoms with E-state index >= 15 is 0 Å². The normalized spacial score (nSPS) is 21.0. The summed E-state index contributed by atoms with van der Waals surface area (Å²) in [6.45, 7) is -0.0525. The van der Waals surface area contributed by atoms with Gasteiger partial charge >= 0.3 is 18.0 Å². The lowest BCUT2D eigenvalue weighted by Gasteiger charge is -2.23. The average molecular weight is 578 g/mol. The van der Waals surface area contributed by atoms with Crippen LogP contribution in [0, 0.1) is 11.7 Å². The fraction of sp³-hybridized carbons (Fsp3) is 0.409. The maximum atomic E-state index is 13.3. The summed E-state index contributed by atoms with van der Waals surface area (Å²) in [4.78, 5) is 38.1. The number of hydrogen-bond donors (Lipinski definition) is 4. The summed E-state index contributed by atoms with van der Waals surface area (Å²) >= 11 is 0. The number of aryl methyl sites for hydroxylation is 1. The van der Waals surface area contributed by atoms with Crippen LogP contribution in [0.2, 0.25) is 0 Å². The predicted molar refractivity (Wildman–Crippen MR) is 125 cm³/mol. The molecule has 4 rings (SSSR count). The number of halogens is 4. The van der Waals surface area contributed by atoms with E-state index in [0.717, 1.165) is 23.2 Å². The fourth-order valence-electron chi connectivity index (χ4n) is 4.23. The zero-order chi connectivity index (χ0) is 28.9. The van der Waals surface area contributed by atoms with Gasteiger partial charge in [-0.15, -0.1) is 0 Å². The highest BCUT2D eigenvalue weighted by atomic mass is 32.2. The second-order valence-corrected chi connectivity index (χ2v) is 10.8. The summed E-state index contributed by atoms with van der Waals surface area (Å²) in [5.41, 5.74) is -0.201. The fourth-order valence-corrected chi connectivity index (χ4v) is 5.72. The van der Waals surface area contributed by atoms with Gasteiger partial charge in [-0.2, -0.15) is 13.2 Å². The van der Waals surface area contributed by atoms with Crippen LogP contribution in [0.15, 0.2) is 29.3 Å². The van der Waals surface area contributed by atoms with E-state index < -0.39 is 68.4 Å². The summed E-state index contributed by atoms with van der Waals surface area (Å²) in [7, 11) is -2.95. The molecule has 0 radical (unpaired) electrons. The first-order valence-electron chi connectivity index (χ1n) is 11.4. The van der Waals surface area contributed by atoms with Crippen molar-refractivity contribution >= 4 is 33.4 Å². The first kappa shape index (κ1) is 28.2. The molecule has 1 aromatic carbocycles. The molecule has 1 saturated heterocycles. The zero-order valence-corrected chi connectivity index (χ0v) is 21.2. The summed E-state index contributed by atoms with van der Waals surface area (Å²) in [5.74, 6) is -6.25. The van der Waals surface area contributed by atoms with Crippen molar-refractivity contribution in [2.24, 2.45) is 13.0 Å². The number of likely N-dealkylation sites (tertiary alicyclic amines) is 1. The van der Waals surface area contributed by atoms with Gasteiger partial charge in [0.15, 0.2) is 23.0 Å². The second-order valence-electron chi connectivity index (χ2n) is 9.15. The van der Waals surface area contributed by atoms with Gasteiger partial charge in [-0.25, -0.2) is 17.5 Å². The predicted octanol–water partition coefficient (Wildman–Crippen LogP) is 0.687. The molecule has 2 aromatic rings. The molecule has 0 aliphatic carbocycles. The summed E-state index contributed by atoms with van der Waals surface area (Å²) in [5, 5.41) is 13.5. The summed E-state index contributed by atoms with van der Waals surface area (Å²) in [6.07, 6.45) is -3.64. The smallest absolute Gasteiger partial charge is 0.408 e. The molecule has 2 aliphatic heterocycles. The van der Waals surface area contributed by atoms with Crippen molar-refractivity contribution in [1.29, 1.82) is 0 Å². The van der Waals surface area contributed by atoms with Crippen LogP contribution < -0.4 is 20.1 Å². The third kappa shape index (κ3) is 5.63. The van der Waals surface area contributed by atoms with Crippen molar-refractivity contribution in [2.45, 2.75) is 30.1 Å². The second kappa shape index (κ2) is 10.0. The van der Waals surface area contributed by atoms with Crippen molar-refractivity contribution in [2.75, 3.05) is 25.0 Å². The number of fused-ring (bicyclic) bond motifs is 2. The number of amides is 3. The van der Waals surface area contributed by atoms with Crippen LogP contribution in [0.1, 0.15) is 17.4 Å². The number of ether oxygens (including phenoxy) is 1. The Labute approximate surface area is 218 Å². The maximum Gasteiger partial charge on any atom is 0.408 e. The topological polar surface area (TPSA) is 159 Å². The zero-order valence-electron chi connectivity index (χ0n) is 20.4. The Morgan fingerprint density at radius 3 is 2.56 bits per heavy atom. The minimum atomic E-state index is -4.76. The number of benzene rings is 1. The average Bonchev–Trinajstić information content (AvgIpc) is 3.38. The first-order valence-corrected chi connectivity index (χ1v) is 12.9. The van der Waals surface area contributed by atoms with Crippen LogP contribution in [0.4, 0.5) is 23.2 Å². The highest BCUT2D eigenvalue weighted by Crippen LogP contribution is 2.35. The van der Waals surface area contributed by atoms with Gasteiger partial charge in [0.25, 0.3) is 5.91 Å². The number of alkyl halides is 3. The number of phenolic OH excluding ortho intramolecular Hbond substituents is 1. The van der Waals surface area contributed by atoms with Crippen LogP contribution in [0.25, 0.3) is 0 Å². The van der Waals surface area contributed by atoms with Gasteiger partial charge in [0.1, 0.15) is 10.9 Å². The van der Waals surface area contributed by atoms with E-state index in [1.165, 1.54) is 17.7 Å². The quantitative estimate of drug-likeness (QED) is 0.309. The monoisotopic (exact) mass is 577 g/mol. The Morgan fingerprint density at radius 2 is 1.92 bits per heavy atom. The standard InChI is InChI=1S/C22H23F4N5O7S/c1-10(22(24,25)26)27-20(34)21(35)31-6-11-9-38-18-16(39(36,37)29-14(11)7-31)8-30(2)17(18)19(33)28-12-3-4-13(23)15(32)5-12/h3-5,8,10-11,14,29,32H,6-7,9H2,1-2H3,(H,27,34)(H,28,33)/t10-,11+,14+/m1/s1. The SMILES string of the molecule is C[C@@H](NC(=O)C(=O)N1C[C@H]2COc3c(cn(C)c3C(=O)Nc3ccc(F)c(O)c3)S(=O)(=O)N[C@H]2C1)C(F)(F)F. The first-order chi connectivity index (χ1) is 18.1. The molecule has 3 atom stereocenters. The van der Waals surface area contributed by atoms with Crippen LogP contribution in [0.5, 0.6) is 11.5 Å². The molecular weight excluding hydrogens is 554 g/mol. The molecule has 3 amide bonds. The molecule has 1 fully saturated rings. The molecule has 0 unspecified atom stereocenters. The third-order valence-electron chi connectivity index (χ3n) is 6.32. The molecule has 212 valence electrons. The van der Waals surface area contributed by atoms with Gasteiger partial charge in [-0.1, -0.05) is 0 Å². The van der Waals surface area contributed by atoms with Gasteiger partial charge in [0.05, 0.1) is 6.61 Å². The molecule has 4 N–H and O–H groups in total. The van der Waals surface area contributed by atoms with Crippen molar-refractivity contribution in [3.8, 4) is 11.5 Å². The van der Waals surface area contributed by atoms with E-state index in [9.17, 15) is 45.5 Å². The number of aromatic hydroxyl groups is 1. The van der Waals surface area contributed by atoms with Gasteiger partial charge in [0.2, 0.25) is 10.0 Å². The van der Waals surface area contributed by atoms with Crippen molar-refractivity contribution in [3.05, 3.63) is 35.9 Å². The Kier molecular flexibility index (Phi) is 7.24. The molecule has 1 aromatic heterocycles. The van der Waals surface area contributed by atoms with E-state index in [0.29, 0.717) is 6.92 Å². The number of rotatable bonds is 3.